The van der Waals surface area contributed by atoms with Crippen molar-refractivity contribution >= 4 is 28.5 Å². The summed E-state index contributed by atoms with van der Waals surface area (Å²) in [6.07, 6.45) is 0.933. The van der Waals surface area contributed by atoms with E-state index in [9.17, 15) is 9.90 Å². The number of rotatable bonds is 1. The molecule has 1 aliphatic heterocycles. The molecular formula is C15H16ClNO3. The van der Waals surface area contributed by atoms with Gasteiger partial charge in [-0.15, -0.1) is 0 Å². The van der Waals surface area contributed by atoms with Gasteiger partial charge in [-0.3, -0.25) is 4.79 Å². The number of fused-ring (bicyclic) bond motifs is 1. The normalized spacial score (nSPS) is 16.9. The monoisotopic (exact) mass is 293 g/mol. The summed E-state index contributed by atoms with van der Waals surface area (Å²) >= 11 is 6.10. The van der Waals surface area contributed by atoms with Gasteiger partial charge < -0.3 is 14.4 Å². The molecular weight excluding hydrogens is 278 g/mol. The first-order valence-corrected chi connectivity index (χ1v) is 7.10. The second-order valence-corrected chi connectivity index (χ2v) is 5.60. The van der Waals surface area contributed by atoms with Crippen LogP contribution in [0.25, 0.3) is 11.0 Å². The molecule has 1 N–H and O–H groups in total. The van der Waals surface area contributed by atoms with Crippen LogP contribution in [0.1, 0.15) is 29.0 Å². The number of aliphatic hydroxyl groups is 1. The van der Waals surface area contributed by atoms with Gasteiger partial charge in [-0.1, -0.05) is 23.7 Å². The SMILES string of the molecule is Cc1c(C(=O)N2CCC(O)CC2)oc2c(Cl)cccc12. The Labute approximate surface area is 121 Å². The summed E-state index contributed by atoms with van der Waals surface area (Å²) in [5.41, 5.74) is 1.38. The van der Waals surface area contributed by atoms with Gasteiger partial charge in [-0.25, -0.2) is 0 Å². The zero-order valence-electron chi connectivity index (χ0n) is 11.2. The predicted octanol–water partition coefficient (Wildman–Crippen LogP) is 2.99. The summed E-state index contributed by atoms with van der Waals surface area (Å²) in [5, 5.41) is 10.9. The molecule has 5 heteroatoms. The number of aryl methyl sites for hydroxylation is 1. The number of furan rings is 1. The molecule has 2 heterocycles. The number of halogens is 1. The van der Waals surface area contributed by atoms with Gasteiger partial charge in [0.2, 0.25) is 0 Å². The Morgan fingerprint density at radius 1 is 1.40 bits per heavy atom. The molecule has 0 atom stereocenters. The molecule has 0 spiro atoms. The number of benzene rings is 1. The Balaban J connectivity index is 1.96. The maximum Gasteiger partial charge on any atom is 0.289 e. The van der Waals surface area contributed by atoms with Crippen LogP contribution in [0, 0.1) is 6.92 Å². The molecule has 4 nitrogen and oxygen atoms in total. The topological polar surface area (TPSA) is 53.7 Å². The number of hydrogen-bond acceptors (Lipinski definition) is 3. The van der Waals surface area contributed by atoms with Crippen molar-refractivity contribution in [1.29, 1.82) is 0 Å². The fourth-order valence-corrected chi connectivity index (χ4v) is 2.84. The molecule has 20 heavy (non-hydrogen) atoms. The largest absolute Gasteiger partial charge is 0.449 e. The molecule has 1 fully saturated rings. The molecule has 106 valence electrons. The van der Waals surface area contributed by atoms with Crippen LogP contribution in [0.3, 0.4) is 0 Å². The summed E-state index contributed by atoms with van der Waals surface area (Å²) in [6.45, 7) is 2.99. The van der Waals surface area contributed by atoms with Gasteiger partial charge in [0.1, 0.15) is 0 Å². The molecule has 1 saturated heterocycles. The molecule has 1 aliphatic rings. The number of nitrogens with zero attached hydrogens (tertiary/aromatic N) is 1. The Bertz CT molecular complexity index is 656. The highest BCUT2D eigenvalue weighted by molar-refractivity contribution is 6.35. The lowest BCUT2D eigenvalue weighted by molar-refractivity contribution is 0.0521. The molecule has 0 aliphatic carbocycles. The van der Waals surface area contributed by atoms with Gasteiger partial charge in [0, 0.05) is 24.0 Å². The summed E-state index contributed by atoms with van der Waals surface area (Å²) in [5.74, 6) is 0.228. The van der Waals surface area contributed by atoms with Crippen molar-refractivity contribution < 1.29 is 14.3 Å². The van der Waals surface area contributed by atoms with E-state index in [1.54, 1.807) is 11.0 Å². The fourth-order valence-electron chi connectivity index (χ4n) is 2.63. The molecule has 1 amide bonds. The van der Waals surface area contributed by atoms with Gasteiger partial charge in [-0.2, -0.15) is 0 Å². The number of hydrogen-bond donors (Lipinski definition) is 1. The van der Waals surface area contributed by atoms with E-state index in [2.05, 4.69) is 0 Å². The van der Waals surface area contributed by atoms with E-state index >= 15 is 0 Å². The van der Waals surface area contributed by atoms with E-state index in [0.717, 1.165) is 10.9 Å². The van der Waals surface area contributed by atoms with Crippen LogP contribution in [0.5, 0.6) is 0 Å². The van der Waals surface area contributed by atoms with Gasteiger partial charge >= 0.3 is 0 Å². The van der Waals surface area contributed by atoms with Gasteiger partial charge in [0.05, 0.1) is 11.1 Å². The summed E-state index contributed by atoms with van der Waals surface area (Å²) in [7, 11) is 0. The van der Waals surface area contributed by atoms with E-state index in [4.69, 9.17) is 16.0 Å². The number of carbonyl (C=O) groups excluding carboxylic acids is 1. The van der Waals surface area contributed by atoms with Gasteiger partial charge in [-0.05, 0) is 25.8 Å². The molecule has 2 aromatic rings. The van der Waals surface area contributed by atoms with Crippen LogP contribution in [0.4, 0.5) is 0 Å². The van der Waals surface area contributed by atoms with Gasteiger partial charge in [0.15, 0.2) is 11.3 Å². The van der Waals surface area contributed by atoms with Crippen LogP contribution in [0.15, 0.2) is 22.6 Å². The number of amides is 1. The predicted molar refractivity (Wildman–Crippen MR) is 77.1 cm³/mol. The third-order valence-corrected chi connectivity index (χ3v) is 4.16. The zero-order valence-corrected chi connectivity index (χ0v) is 12.0. The van der Waals surface area contributed by atoms with E-state index in [1.807, 2.05) is 19.1 Å². The van der Waals surface area contributed by atoms with Crippen molar-refractivity contribution in [1.82, 2.24) is 4.90 Å². The molecule has 0 radical (unpaired) electrons. The Kier molecular flexibility index (Phi) is 3.44. The third-order valence-electron chi connectivity index (χ3n) is 3.86. The van der Waals surface area contributed by atoms with Crippen LogP contribution in [-0.2, 0) is 0 Å². The maximum atomic E-state index is 12.5. The lowest BCUT2D eigenvalue weighted by atomic mass is 10.1. The fraction of sp³-hybridized carbons (Fsp3) is 0.400. The first kappa shape index (κ1) is 13.5. The quantitative estimate of drug-likeness (QED) is 0.879. The second-order valence-electron chi connectivity index (χ2n) is 5.20. The third kappa shape index (κ3) is 2.19. The number of carbonyl (C=O) groups is 1. The molecule has 3 rings (SSSR count). The summed E-state index contributed by atoms with van der Waals surface area (Å²) < 4.78 is 5.69. The van der Waals surface area contributed by atoms with Crippen LogP contribution in [-0.4, -0.2) is 35.1 Å². The Morgan fingerprint density at radius 3 is 2.75 bits per heavy atom. The highest BCUT2D eigenvalue weighted by atomic mass is 35.5. The van der Waals surface area contributed by atoms with Crippen molar-refractivity contribution in [3.05, 3.63) is 34.5 Å². The van der Waals surface area contributed by atoms with Crippen molar-refractivity contribution in [2.75, 3.05) is 13.1 Å². The van der Waals surface area contributed by atoms with Crippen molar-refractivity contribution in [3.63, 3.8) is 0 Å². The molecule has 1 aromatic heterocycles. The van der Waals surface area contributed by atoms with Crippen LogP contribution < -0.4 is 0 Å². The number of para-hydroxylation sites is 1. The smallest absolute Gasteiger partial charge is 0.289 e. The minimum atomic E-state index is -0.301. The summed E-state index contributed by atoms with van der Waals surface area (Å²) in [6, 6.07) is 5.49. The van der Waals surface area contributed by atoms with Crippen LogP contribution >= 0.6 is 11.6 Å². The van der Waals surface area contributed by atoms with Crippen molar-refractivity contribution in [2.45, 2.75) is 25.9 Å². The zero-order chi connectivity index (χ0) is 14.3. The first-order valence-electron chi connectivity index (χ1n) is 6.73. The van der Waals surface area contributed by atoms with E-state index in [0.29, 0.717) is 42.3 Å². The van der Waals surface area contributed by atoms with Crippen molar-refractivity contribution in [2.24, 2.45) is 0 Å². The highest BCUT2D eigenvalue weighted by Crippen LogP contribution is 2.31. The van der Waals surface area contributed by atoms with Crippen molar-refractivity contribution in [3.8, 4) is 0 Å². The van der Waals surface area contributed by atoms with E-state index in [1.165, 1.54) is 0 Å². The lowest BCUT2D eigenvalue weighted by Gasteiger charge is -2.29. The molecule has 1 aromatic carbocycles. The lowest BCUT2D eigenvalue weighted by Crippen LogP contribution is -2.40. The highest BCUT2D eigenvalue weighted by Gasteiger charge is 2.27. The maximum absolute atomic E-state index is 12.5. The number of piperidine rings is 1. The van der Waals surface area contributed by atoms with Gasteiger partial charge in [0.25, 0.3) is 5.91 Å². The standard InChI is InChI=1S/C15H16ClNO3/c1-9-11-3-2-4-12(16)14(11)20-13(9)15(19)17-7-5-10(18)6-8-17/h2-4,10,18H,5-8H2,1H3. The Hall–Kier alpha value is -1.52. The molecule has 0 saturated carbocycles. The minimum Gasteiger partial charge on any atom is -0.449 e. The minimum absolute atomic E-state index is 0.123. The average molecular weight is 294 g/mol. The number of likely N-dealkylation sites (tertiary alicyclic amines) is 1. The average Bonchev–Trinajstić information content (AvgIpc) is 2.78. The Morgan fingerprint density at radius 2 is 2.10 bits per heavy atom. The first-order chi connectivity index (χ1) is 9.58. The summed E-state index contributed by atoms with van der Waals surface area (Å²) in [4.78, 5) is 14.2. The van der Waals surface area contributed by atoms with E-state index < -0.39 is 0 Å². The van der Waals surface area contributed by atoms with E-state index in [-0.39, 0.29) is 12.0 Å². The number of aliphatic hydroxyl groups excluding tert-OH is 1. The second kappa shape index (κ2) is 5.11. The molecule has 0 bridgehead atoms. The molecule has 0 unspecified atom stereocenters. The van der Waals surface area contributed by atoms with Crippen LogP contribution in [0.2, 0.25) is 5.02 Å².